The molecule has 0 saturated heterocycles. The molecule has 116 valence electrons. The summed E-state index contributed by atoms with van der Waals surface area (Å²) in [5.74, 6) is -1.68. The summed E-state index contributed by atoms with van der Waals surface area (Å²) in [7, 11) is 0. The fourth-order valence-corrected chi connectivity index (χ4v) is 1.68. The van der Waals surface area contributed by atoms with E-state index in [0.29, 0.717) is 19.3 Å². The van der Waals surface area contributed by atoms with E-state index in [9.17, 15) is 19.3 Å². The quantitative estimate of drug-likeness (QED) is 0.451. The molecule has 7 heteroatoms. The van der Waals surface area contributed by atoms with E-state index >= 15 is 0 Å². The van der Waals surface area contributed by atoms with Gasteiger partial charge in [-0.3, -0.25) is 14.9 Å². The van der Waals surface area contributed by atoms with Gasteiger partial charge in [0.2, 0.25) is 0 Å². The molecule has 1 rings (SSSR count). The molecule has 1 N–H and O–H groups in total. The van der Waals surface area contributed by atoms with E-state index in [1.54, 1.807) is 13.8 Å². The van der Waals surface area contributed by atoms with E-state index in [4.69, 9.17) is 9.84 Å². The molecular weight excluding hydrogens is 281 g/mol. The monoisotopic (exact) mass is 299 g/mol. The molecule has 0 aromatic heterocycles. The number of hydrogen-bond acceptors (Lipinski definition) is 4. The van der Waals surface area contributed by atoms with Gasteiger partial charge < -0.3 is 9.84 Å². The Morgan fingerprint density at radius 3 is 2.62 bits per heavy atom. The Labute approximate surface area is 121 Å². The van der Waals surface area contributed by atoms with Crippen molar-refractivity contribution in [3.63, 3.8) is 0 Å². The number of halogens is 1. The average Bonchev–Trinajstić information content (AvgIpc) is 2.39. The van der Waals surface area contributed by atoms with Gasteiger partial charge in [0.1, 0.15) is 0 Å². The van der Waals surface area contributed by atoms with Gasteiger partial charge in [0.15, 0.2) is 11.6 Å². The Balaban J connectivity index is 2.40. The summed E-state index contributed by atoms with van der Waals surface area (Å²) in [6.45, 7) is 3.52. The lowest BCUT2D eigenvalue weighted by Gasteiger charge is -2.18. The maximum atomic E-state index is 13.5. The lowest BCUT2D eigenvalue weighted by molar-refractivity contribution is -0.385. The number of hydrogen-bond donors (Lipinski definition) is 1. The van der Waals surface area contributed by atoms with Crippen LogP contribution in [0.15, 0.2) is 18.2 Å². The van der Waals surface area contributed by atoms with Crippen LogP contribution in [0.25, 0.3) is 0 Å². The van der Waals surface area contributed by atoms with Gasteiger partial charge in [0.05, 0.1) is 23.0 Å². The Kier molecular flexibility index (Phi) is 5.63. The third kappa shape index (κ3) is 5.02. The molecule has 0 unspecified atom stereocenters. The number of carboxylic acid groups (broad SMARTS) is 1. The first-order valence-corrected chi connectivity index (χ1v) is 6.54. The standard InChI is InChI=1S/C14H18FNO5/c1-14(2,13(17)18)7-3-4-8-21-12-6-5-10(16(19)20)9-11(12)15/h5-6,9H,3-4,7-8H2,1-2H3,(H,17,18). The molecule has 0 heterocycles. The van der Waals surface area contributed by atoms with Gasteiger partial charge in [-0.25, -0.2) is 4.39 Å². The highest BCUT2D eigenvalue weighted by atomic mass is 19.1. The summed E-state index contributed by atoms with van der Waals surface area (Å²) in [5.41, 5.74) is -1.12. The zero-order valence-electron chi connectivity index (χ0n) is 12.0. The van der Waals surface area contributed by atoms with Crippen molar-refractivity contribution in [2.75, 3.05) is 6.61 Å². The molecule has 0 atom stereocenters. The van der Waals surface area contributed by atoms with E-state index < -0.39 is 22.1 Å². The maximum absolute atomic E-state index is 13.5. The Hall–Kier alpha value is -2.18. The minimum absolute atomic E-state index is 0.0434. The van der Waals surface area contributed by atoms with Gasteiger partial charge in [0, 0.05) is 6.07 Å². The van der Waals surface area contributed by atoms with Gasteiger partial charge in [-0.05, 0) is 39.2 Å². The molecule has 6 nitrogen and oxygen atoms in total. The molecule has 0 bridgehead atoms. The summed E-state index contributed by atoms with van der Waals surface area (Å²) < 4.78 is 18.7. The van der Waals surface area contributed by atoms with Crippen LogP contribution in [-0.2, 0) is 4.79 Å². The van der Waals surface area contributed by atoms with Crippen LogP contribution in [0.1, 0.15) is 33.1 Å². The predicted octanol–water partition coefficient (Wildman–Crippen LogP) is 3.39. The van der Waals surface area contributed by atoms with Crippen LogP contribution in [0.5, 0.6) is 5.75 Å². The Bertz CT molecular complexity index is 530. The van der Waals surface area contributed by atoms with Crippen molar-refractivity contribution < 1.29 is 24.0 Å². The first-order chi connectivity index (χ1) is 9.74. The molecule has 0 fully saturated rings. The lowest BCUT2D eigenvalue weighted by atomic mass is 9.87. The highest BCUT2D eigenvalue weighted by Crippen LogP contribution is 2.25. The first kappa shape index (κ1) is 16.9. The molecule has 1 aromatic rings. The van der Waals surface area contributed by atoms with Crippen LogP contribution < -0.4 is 4.74 Å². The molecule has 0 radical (unpaired) electrons. The van der Waals surface area contributed by atoms with E-state index in [1.807, 2.05) is 0 Å². The minimum atomic E-state index is -0.857. The topological polar surface area (TPSA) is 89.7 Å². The average molecular weight is 299 g/mol. The Morgan fingerprint density at radius 2 is 2.10 bits per heavy atom. The minimum Gasteiger partial charge on any atom is -0.491 e. The van der Waals surface area contributed by atoms with Crippen molar-refractivity contribution in [1.29, 1.82) is 0 Å². The van der Waals surface area contributed by atoms with Crippen LogP contribution in [0.2, 0.25) is 0 Å². The van der Waals surface area contributed by atoms with Crippen molar-refractivity contribution in [3.05, 3.63) is 34.1 Å². The van der Waals surface area contributed by atoms with E-state index in [1.165, 1.54) is 12.1 Å². The van der Waals surface area contributed by atoms with Crippen molar-refractivity contribution in [2.24, 2.45) is 5.41 Å². The van der Waals surface area contributed by atoms with Gasteiger partial charge in [-0.1, -0.05) is 0 Å². The Morgan fingerprint density at radius 1 is 1.43 bits per heavy atom. The number of carboxylic acids is 1. The first-order valence-electron chi connectivity index (χ1n) is 6.54. The number of carbonyl (C=O) groups is 1. The van der Waals surface area contributed by atoms with Gasteiger partial charge >= 0.3 is 5.97 Å². The molecule has 0 saturated carbocycles. The smallest absolute Gasteiger partial charge is 0.309 e. The number of ether oxygens (including phenoxy) is 1. The van der Waals surface area contributed by atoms with Crippen molar-refractivity contribution in [3.8, 4) is 5.75 Å². The number of nitro benzene ring substituents is 1. The largest absolute Gasteiger partial charge is 0.491 e. The predicted molar refractivity (Wildman–Crippen MR) is 73.8 cm³/mol. The molecule has 0 aliphatic carbocycles. The number of rotatable bonds is 8. The van der Waals surface area contributed by atoms with Crippen LogP contribution in [0.3, 0.4) is 0 Å². The van der Waals surface area contributed by atoms with E-state index in [-0.39, 0.29) is 18.0 Å². The maximum Gasteiger partial charge on any atom is 0.309 e. The molecule has 1 aromatic carbocycles. The highest BCUT2D eigenvalue weighted by Gasteiger charge is 2.26. The molecule has 0 aliphatic heterocycles. The number of unbranched alkanes of at least 4 members (excludes halogenated alkanes) is 1. The van der Waals surface area contributed by atoms with Crippen LogP contribution >= 0.6 is 0 Å². The summed E-state index contributed by atoms with van der Waals surface area (Å²) in [4.78, 5) is 20.7. The number of nitro groups is 1. The fourth-order valence-electron chi connectivity index (χ4n) is 1.68. The zero-order chi connectivity index (χ0) is 16.0. The van der Waals surface area contributed by atoms with Crippen LogP contribution in [-0.4, -0.2) is 22.6 Å². The van der Waals surface area contributed by atoms with Crippen LogP contribution in [0.4, 0.5) is 10.1 Å². The number of nitrogens with zero attached hydrogens (tertiary/aromatic N) is 1. The number of benzene rings is 1. The highest BCUT2D eigenvalue weighted by molar-refractivity contribution is 5.73. The molecule has 0 spiro atoms. The van der Waals surface area contributed by atoms with Gasteiger partial charge in [0.25, 0.3) is 5.69 Å². The normalized spacial score (nSPS) is 11.2. The third-order valence-corrected chi connectivity index (χ3v) is 3.16. The van der Waals surface area contributed by atoms with Crippen molar-refractivity contribution >= 4 is 11.7 Å². The number of aliphatic carboxylic acids is 1. The number of non-ortho nitro benzene ring substituents is 1. The van der Waals surface area contributed by atoms with Crippen LogP contribution in [0, 0.1) is 21.3 Å². The third-order valence-electron chi connectivity index (χ3n) is 3.16. The molecule has 0 amide bonds. The van der Waals surface area contributed by atoms with E-state index in [0.717, 1.165) is 6.07 Å². The second-order valence-electron chi connectivity index (χ2n) is 5.37. The summed E-state index contributed by atoms with van der Waals surface area (Å²) in [6.07, 6.45) is 1.70. The molecule has 21 heavy (non-hydrogen) atoms. The lowest BCUT2D eigenvalue weighted by Crippen LogP contribution is -2.23. The summed E-state index contributed by atoms with van der Waals surface area (Å²) in [5, 5.41) is 19.4. The summed E-state index contributed by atoms with van der Waals surface area (Å²) >= 11 is 0. The molecule has 0 aliphatic rings. The zero-order valence-corrected chi connectivity index (χ0v) is 12.0. The van der Waals surface area contributed by atoms with Gasteiger partial charge in [-0.15, -0.1) is 0 Å². The molecular formula is C14H18FNO5. The van der Waals surface area contributed by atoms with Gasteiger partial charge in [-0.2, -0.15) is 0 Å². The second-order valence-corrected chi connectivity index (χ2v) is 5.37. The van der Waals surface area contributed by atoms with Crippen molar-refractivity contribution in [1.82, 2.24) is 0 Å². The fraction of sp³-hybridized carbons (Fsp3) is 0.500. The SMILES string of the molecule is CC(C)(CCCCOc1ccc([N+](=O)[O-])cc1F)C(=O)O. The van der Waals surface area contributed by atoms with Crippen molar-refractivity contribution in [2.45, 2.75) is 33.1 Å². The summed E-state index contributed by atoms with van der Waals surface area (Å²) in [6, 6.07) is 3.20. The van der Waals surface area contributed by atoms with E-state index in [2.05, 4.69) is 0 Å². The second kappa shape index (κ2) is 7.01.